The number of carbonyl (C=O) groups excluding carboxylic acids is 1. The maximum Gasteiger partial charge on any atom is 0.322 e. The van der Waals surface area contributed by atoms with Gasteiger partial charge in [0.25, 0.3) is 5.91 Å². The van der Waals surface area contributed by atoms with Crippen LogP contribution in [0.5, 0.6) is 5.75 Å². The molecule has 0 fully saturated rings. The summed E-state index contributed by atoms with van der Waals surface area (Å²) in [6.45, 7) is 3.67. The van der Waals surface area contributed by atoms with Crippen LogP contribution in [0, 0.1) is 19.7 Å². The third kappa shape index (κ3) is 4.18. The van der Waals surface area contributed by atoms with Crippen LogP contribution in [0.15, 0.2) is 40.8 Å². The molecule has 0 radical (unpaired) electrons. The molecule has 3 aromatic rings. The van der Waals surface area contributed by atoms with Gasteiger partial charge in [-0.2, -0.15) is 0 Å². The summed E-state index contributed by atoms with van der Waals surface area (Å²) in [5.41, 5.74) is 3.01. The lowest BCUT2D eigenvalue weighted by Gasteiger charge is -2.06. The van der Waals surface area contributed by atoms with Gasteiger partial charge in [0.2, 0.25) is 5.89 Å². The number of halogens is 2. The number of benzene rings is 2. The highest BCUT2D eigenvalue weighted by Gasteiger charge is 2.13. The molecule has 0 bridgehead atoms. The fourth-order valence-corrected chi connectivity index (χ4v) is 2.31. The van der Waals surface area contributed by atoms with Crippen LogP contribution < -0.4 is 10.1 Å². The molecule has 1 aromatic heterocycles. The lowest BCUT2D eigenvalue weighted by atomic mass is 10.1. The van der Waals surface area contributed by atoms with Crippen molar-refractivity contribution in [3.05, 3.63) is 58.4 Å². The molecule has 0 atom stereocenters. The number of hydrogen-bond donors (Lipinski definition) is 1. The second kappa shape index (κ2) is 7.53. The van der Waals surface area contributed by atoms with Crippen LogP contribution in [0.2, 0.25) is 5.02 Å². The fourth-order valence-electron chi connectivity index (χ4n) is 2.14. The molecule has 134 valence electrons. The molecular formula is C18H15ClFN3O3. The highest BCUT2D eigenvalue weighted by molar-refractivity contribution is 6.30. The van der Waals surface area contributed by atoms with Crippen LogP contribution in [-0.4, -0.2) is 22.7 Å². The van der Waals surface area contributed by atoms with E-state index in [2.05, 4.69) is 15.5 Å². The van der Waals surface area contributed by atoms with Gasteiger partial charge < -0.3 is 9.15 Å². The molecule has 0 aliphatic heterocycles. The quantitative estimate of drug-likeness (QED) is 0.724. The zero-order valence-electron chi connectivity index (χ0n) is 14.0. The van der Waals surface area contributed by atoms with Crippen LogP contribution in [0.25, 0.3) is 11.5 Å². The third-order valence-electron chi connectivity index (χ3n) is 3.69. The Morgan fingerprint density at radius 3 is 2.73 bits per heavy atom. The molecule has 8 heteroatoms. The minimum absolute atomic E-state index is 0.0380. The molecule has 1 heterocycles. The summed E-state index contributed by atoms with van der Waals surface area (Å²) in [5.74, 6) is -0.489. The van der Waals surface area contributed by atoms with Gasteiger partial charge >= 0.3 is 6.01 Å². The maximum absolute atomic E-state index is 13.1. The Bertz CT molecular complexity index is 959. The highest BCUT2D eigenvalue weighted by atomic mass is 35.5. The number of amides is 1. The predicted octanol–water partition coefficient (Wildman–Crippen LogP) is 4.16. The molecule has 3 rings (SSSR count). The van der Waals surface area contributed by atoms with Crippen molar-refractivity contribution in [1.29, 1.82) is 0 Å². The van der Waals surface area contributed by atoms with Crippen molar-refractivity contribution < 1.29 is 18.3 Å². The van der Waals surface area contributed by atoms with Crippen molar-refractivity contribution in [2.24, 2.45) is 0 Å². The number of nitrogens with one attached hydrogen (secondary N) is 1. The smallest absolute Gasteiger partial charge is 0.322 e. The van der Waals surface area contributed by atoms with E-state index in [4.69, 9.17) is 20.8 Å². The molecule has 0 spiro atoms. The van der Waals surface area contributed by atoms with E-state index in [0.29, 0.717) is 5.89 Å². The molecule has 0 unspecified atom stereocenters. The first-order valence-corrected chi connectivity index (χ1v) is 8.09. The lowest BCUT2D eigenvalue weighted by molar-refractivity contribution is -0.118. The van der Waals surface area contributed by atoms with Crippen molar-refractivity contribution in [3.8, 4) is 17.2 Å². The third-order valence-corrected chi connectivity index (χ3v) is 3.98. The number of nitrogens with zero attached hydrogens (tertiary/aromatic N) is 2. The number of rotatable bonds is 5. The molecule has 6 nitrogen and oxygen atoms in total. The molecule has 0 aliphatic rings. The zero-order chi connectivity index (χ0) is 18.7. The second-order valence-electron chi connectivity index (χ2n) is 5.62. The van der Waals surface area contributed by atoms with Gasteiger partial charge in [-0.1, -0.05) is 22.8 Å². The minimum atomic E-state index is -0.562. The molecule has 26 heavy (non-hydrogen) atoms. The van der Waals surface area contributed by atoms with Crippen LogP contribution in [-0.2, 0) is 4.79 Å². The van der Waals surface area contributed by atoms with Crippen molar-refractivity contribution in [1.82, 2.24) is 10.2 Å². The number of aromatic nitrogens is 2. The van der Waals surface area contributed by atoms with E-state index >= 15 is 0 Å². The Morgan fingerprint density at radius 2 is 2.00 bits per heavy atom. The molecule has 0 aliphatic carbocycles. The van der Waals surface area contributed by atoms with Crippen molar-refractivity contribution in [2.75, 3.05) is 11.9 Å². The van der Waals surface area contributed by atoms with E-state index < -0.39 is 11.7 Å². The van der Waals surface area contributed by atoms with E-state index in [0.717, 1.165) is 22.8 Å². The van der Waals surface area contributed by atoms with Gasteiger partial charge in [-0.15, -0.1) is 5.10 Å². The van der Waals surface area contributed by atoms with Crippen LogP contribution >= 0.6 is 11.6 Å². The summed E-state index contributed by atoms with van der Waals surface area (Å²) in [4.78, 5) is 11.9. The molecule has 1 N–H and O–H groups in total. The first-order valence-electron chi connectivity index (χ1n) is 7.71. The van der Waals surface area contributed by atoms with Gasteiger partial charge in [-0.25, -0.2) is 4.39 Å². The average molecular weight is 376 g/mol. The highest BCUT2D eigenvalue weighted by Crippen LogP contribution is 2.23. The summed E-state index contributed by atoms with van der Waals surface area (Å²) in [5, 5.41) is 10.1. The molecule has 2 aromatic carbocycles. The normalized spacial score (nSPS) is 10.6. The number of carbonyl (C=O) groups is 1. The molecule has 1 amide bonds. The van der Waals surface area contributed by atoms with Crippen molar-refractivity contribution in [3.63, 3.8) is 0 Å². The average Bonchev–Trinajstić information content (AvgIpc) is 3.07. The lowest BCUT2D eigenvalue weighted by Crippen LogP contribution is -2.20. The first kappa shape index (κ1) is 17.9. The van der Waals surface area contributed by atoms with Gasteiger partial charge in [-0.3, -0.25) is 10.1 Å². The number of hydrogen-bond acceptors (Lipinski definition) is 5. The predicted molar refractivity (Wildman–Crippen MR) is 94.7 cm³/mol. The van der Waals surface area contributed by atoms with Gasteiger partial charge in [0, 0.05) is 11.6 Å². The summed E-state index contributed by atoms with van der Waals surface area (Å²) in [6, 6.07) is 9.52. The van der Waals surface area contributed by atoms with E-state index in [9.17, 15) is 9.18 Å². The monoisotopic (exact) mass is 375 g/mol. The Balaban J connectivity index is 1.60. The van der Waals surface area contributed by atoms with Crippen molar-refractivity contribution in [2.45, 2.75) is 13.8 Å². The zero-order valence-corrected chi connectivity index (χ0v) is 14.8. The minimum Gasteiger partial charge on any atom is -0.484 e. The Labute approximate surface area is 154 Å². The second-order valence-corrected chi connectivity index (χ2v) is 6.03. The number of ether oxygens (including phenoxy) is 1. The van der Waals surface area contributed by atoms with Gasteiger partial charge in [0.1, 0.15) is 11.6 Å². The number of aryl methyl sites for hydroxylation is 2. The van der Waals surface area contributed by atoms with E-state index in [1.54, 1.807) is 0 Å². The largest absolute Gasteiger partial charge is 0.484 e. The summed E-state index contributed by atoms with van der Waals surface area (Å²) < 4.78 is 23.8. The fraction of sp³-hybridized carbons (Fsp3) is 0.167. The van der Waals surface area contributed by atoms with E-state index in [-0.39, 0.29) is 23.4 Å². The van der Waals surface area contributed by atoms with Crippen molar-refractivity contribution >= 4 is 23.5 Å². The van der Waals surface area contributed by atoms with E-state index in [1.165, 1.54) is 12.1 Å². The van der Waals surface area contributed by atoms with Crippen LogP contribution in [0.4, 0.5) is 10.4 Å². The molecular weight excluding hydrogens is 361 g/mol. The van der Waals surface area contributed by atoms with Gasteiger partial charge in [0.15, 0.2) is 6.61 Å². The maximum atomic E-state index is 13.1. The topological polar surface area (TPSA) is 77.2 Å². The molecule has 0 saturated carbocycles. The standard InChI is InChI=1S/C18H15ClFN3O3/c1-10-3-4-12(7-11(10)2)17-22-23-18(26-17)21-16(24)9-25-13-5-6-15(20)14(19)8-13/h3-8H,9H2,1-2H3,(H,21,23,24). The Kier molecular flexibility index (Phi) is 5.18. The van der Waals surface area contributed by atoms with Crippen LogP contribution in [0.1, 0.15) is 11.1 Å². The van der Waals surface area contributed by atoms with Gasteiger partial charge in [0.05, 0.1) is 5.02 Å². The summed E-state index contributed by atoms with van der Waals surface area (Å²) in [7, 11) is 0. The molecule has 0 saturated heterocycles. The number of anilines is 1. The SMILES string of the molecule is Cc1ccc(-c2nnc(NC(=O)COc3ccc(F)c(Cl)c3)o2)cc1C. The Morgan fingerprint density at radius 1 is 1.19 bits per heavy atom. The van der Waals surface area contributed by atoms with Gasteiger partial charge in [-0.05, 0) is 49.2 Å². The summed E-state index contributed by atoms with van der Waals surface area (Å²) in [6.07, 6.45) is 0. The first-order chi connectivity index (χ1) is 12.4. The summed E-state index contributed by atoms with van der Waals surface area (Å²) >= 11 is 5.65. The van der Waals surface area contributed by atoms with E-state index in [1.807, 2.05) is 32.0 Å². The Hall–Kier alpha value is -2.93. The van der Waals surface area contributed by atoms with Crippen LogP contribution in [0.3, 0.4) is 0 Å².